The zero-order valence-corrected chi connectivity index (χ0v) is 14.6. The van der Waals surface area contributed by atoms with E-state index in [0.29, 0.717) is 6.54 Å². The predicted molar refractivity (Wildman–Crippen MR) is 97.3 cm³/mol. The van der Waals surface area contributed by atoms with Crippen LogP contribution in [0, 0.1) is 19.7 Å². The van der Waals surface area contributed by atoms with Gasteiger partial charge >= 0.3 is 0 Å². The summed E-state index contributed by atoms with van der Waals surface area (Å²) in [4.78, 5) is 0. The second-order valence-electron chi connectivity index (χ2n) is 6.18. The molecule has 0 radical (unpaired) electrons. The molecule has 1 heterocycles. The van der Waals surface area contributed by atoms with Gasteiger partial charge in [-0.25, -0.2) is 4.39 Å². The van der Waals surface area contributed by atoms with Crippen LogP contribution in [0.4, 0.5) is 4.39 Å². The maximum atomic E-state index is 13.1. The fourth-order valence-electron chi connectivity index (χ4n) is 2.97. The Hall–Kier alpha value is -2.66. The van der Waals surface area contributed by atoms with Crippen LogP contribution in [-0.4, -0.2) is 23.9 Å². The highest BCUT2D eigenvalue weighted by Gasteiger charge is 2.20. The molecule has 3 rings (SSSR count). The van der Waals surface area contributed by atoms with Crippen LogP contribution in [0.15, 0.2) is 42.5 Å². The molecule has 5 heteroatoms. The van der Waals surface area contributed by atoms with Crippen molar-refractivity contribution in [2.75, 3.05) is 13.7 Å². The minimum atomic E-state index is -0.265. The molecular weight excluding hydrogens is 317 g/mol. The lowest BCUT2D eigenvalue weighted by Gasteiger charge is -2.19. The zero-order valence-electron chi connectivity index (χ0n) is 14.6. The molecule has 130 valence electrons. The molecular formula is C20H22FN3O. The van der Waals surface area contributed by atoms with E-state index in [0.717, 1.165) is 28.3 Å². The van der Waals surface area contributed by atoms with Gasteiger partial charge in [-0.15, -0.1) is 0 Å². The number of H-pyrrole nitrogens is 1. The number of hydrogen-bond acceptors (Lipinski definition) is 3. The van der Waals surface area contributed by atoms with Gasteiger partial charge in [0.15, 0.2) is 0 Å². The topological polar surface area (TPSA) is 63.9 Å². The normalized spacial score (nSPS) is 12.2. The van der Waals surface area contributed by atoms with Crippen LogP contribution in [0.25, 0.3) is 11.3 Å². The Bertz CT molecular complexity index is 871. The Morgan fingerprint density at radius 2 is 1.80 bits per heavy atom. The van der Waals surface area contributed by atoms with E-state index in [9.17, 15) is 4.39 Å². The van der Waals surface area contributed by atoms with Crippen molar-refractivity contribution in [3.63, 3.8) is 0 Å². The molecule has 1 unspecified atom stereocenters. The van der Waals surface area contributed by atoms with Crippen molar-refractivity contribution in [1.82, 2.24) is 10.2 Å². The predicted octanol–water partition coefficient (Wildman–Crippen LogP) is 3.93. The summed E-state index contributed by atoms with van der Waals surface area (Å²) in [6.07, 6.45) is 0. The number of hydrogen-bond donors (Lipinski definition) is 2. The van der Waals surface area contributed by atoms with Gasteiger partial charge in [0.2, 0.25) is 0 Å². The third kappa shape index (κ3) is 3.42. The molecule has 0 spiro atoms. The first-order valence-corrected chi connectivity index (χ1v) is 8.20. The first kappa shape index (κ1) is 17.2. The minimum Gasteiger partial charge on any atom is -0.496 e. The second kappa shape index (κ2) is 7.07. The second-order valence-corrected chi connectivity index (χ2v) is 6.18. The standard InChI is InChI=1S/C20H22FN3O/c1-12-8-16(20(25-3)9-13(12)2)17(11-22)19-10-18(23-24-19)14-4-6-15(21)7-5-14/h4-10,17H,11,22H2,1-3H3,(H,23,24). The molecule has 1 atom stereocenters. The van der Waals surface area contributed by atoms with Gasteiger partial charge in [0.1, 0.15) is 11.6 Å². The van der Waals surface area contributed by atoms with Crippen LogP contribution in [0.5, 0.6) is 5.75 Å². The maximum absolute atomic E-state index is 13.1. The van der Waals surface area contributed by atoms with Gasteiger partial charge in [0.25, 0.3) is 0 Å². The Morgan fingerprint density at radius 3 is 2.44 bits per heavy atom. The zero-order chi connectivity index (χ0) is 18.0. The first-order chi connectivity index (χ1) is 12.0. The van der Waals surface area contributed by atoms with Crippen molar-refractivity contribution in [1.29, 1.82) is 0 Å². The smallest absolute Gasteiger partial charge is 0.123 e. The van der Waals surface area contributed by atoms with E-state index in [-0.39, 0.29) is 11.7 Å². The van der Waals surface area contributed by atoms with Gasteiger partial charge in [-0.05, 0) is 61.4 Å². The van der Waals surface area contributed by atoms with E-state index in [1.165, 1.54) is 23.3 Å². The number of benzene rings is 2. The number of aryl methyl sites for hydroxylation is 2. The number of halogens is 1. The number of aromatic nitrogens is 2. The van der Waals surface area contributed by atoms with Crippen molar-refractivity contribution in [2.24, 2.45) is 5.73 Å². The van der Waals surface area contributed by atoms with Crippen molar-refractivity contribution >= 4 is 0 Å². The number of aromatic amines is 1. The van der Waals surface area contributed by atoms with Gasteiger partial charge in [0, 0.05) is 29.3 Å². The highest BCUT2D eigenvalue weighted by atomic mass is 19.1. The van der Waals surface area contributed by atoms with Gasteiger partial charge in [-0.1, -0.05) is 6.07 Å². The van der Waals surface area contributed by atoms with E-state index in [1.54, 1.807) is 19.2 Å². The van der Waals surface area contributed by atoms with Crippen LogP contribution in [0.1, 0.15) is 28.3 Å². The summed E-state index contributed by atoms with van der Waals surface area (Å²) in [7, 11) is 1.66. The lowest BCUT2D eigenvalue weighted by Crippen LogP contribution is -2.15. The summed E-state index contributed by atoms with van der Waals surface area (Å²) in [5.74, 6) is 0.492. The van der Waals surface area contributed by atoms with E-state index in [4.69, 9.17) is 10.5 Å². The van der Waals surface area contributed by atoms with Gasteiger partial charge < -0.3 is 10.5 Å². The summed E-state index contributed by atoms with van der Waals surface area (Å²) in [5, 5.41) is 7.44. The van der Waals surface area contributed by atoms with Crippen LogP contribution >= 0.6 is 0 Å². The van der Waals surface area contributed by atoms with Crippen LogP contribution in [0.3, 0.4) is 0 Å². The Morgan fingerprint density at radius 1 is 1.12 bits per heavy atom. The molecule has 25 heavy (non-hydrogen) atoms. The molecule has 3 N–H and O–H groups in total. The number of nitrogens with one attached hydrogen (secondary N) is 1. The van der Waals surface area contributed by atoms with Gasteiger partial charge in [-0.2, -0.15) is 5.10 Å². The minimum absolute atomic E-state index is 0.0593. The lowest BCUT2D eigenvalue weighted by atomic mass is 9.91. The average Bonchev–Trinajstić information content (AvgIpc) is 3.09. The number of nitrogens with two attached hydrogens (primary N) is 1. The van der Waals surface area contributed by atoms with Crippen LogP contribution < -0.4 is 10.5 Å². The monoisotopic (exact) mass is 339 g/mol. The fourth-order valence-corrected chi connectivity index (χ4v) is 2.97. The molecule has 0 saturated heterocycles. The molecule has 0 amide bonds. The highest BCUT2D eigenvalue weighted by molar-refractivity contribution is 5.60. The molecule has 1 aromatic heterocycles. The number of rotatable bonds is 5. The summed E-state index contributed by atoms with van der Waals surface area (Å²) in [5.41, 5.74) is 12.0. The largest absolute Gasteiger partial charge is 0.496 e. The molecule has 0 bridgehead atoms. The SMILES string of the molecule is COc1cc(C)c(C)cc1C(CN)c1cc(-c2ccc(F)cc2)n[nH]1. The third-order valence-corrected chi connectivity index (χ3v) is 4.57. The number of ether oxygens (including phenoxy) is 1. The van der Waals surface area contributed by atoms with Crippen molar-refractivity contribution in [3.05, 3.63) is 70.7 Å². The molecule has 0 aliphatic carbocycles. The summed E-state index contributed by atoms with van der Waals surface area (Å²) in [6.45, 7) is 4.55. The van der Waals surface area contributed by atoms with E-state index in [2.05, 4.69) is 30.1 Å². The quantitative estimate of drug-likeness (QED) is 0.740. The van der Waals surface area contributed by atoms with Crippen molar-refractivity contribution in [3.8, 4) is 17.0 Å². The van der Waals surface area contributed by atoms with E-state index in [1.807, 2.05) is 12.1 Å². The Labute approximate surface area is 146 Å². The summed E-state index contributed by atoms with van der Waals surface area (Å²) in [6, 6.07) is 12.4. The third-order valence-electron chi connectivity index (χ3n) is 4.57. The highest BCUT2D eigenvalue weighted by Crippen LogP contribution is 2.34. The molecule has 2 aromatic carbocycles. The molecule has 3 aromatic rings. The first-order valence-electron chi connectivity index (χ1n) is 8.20. The van der Waals surface area contributed by atoms with E-state index >= 15 is 0 Å². The lowest BCUT2D eigenvalue weighted by molar-refractivity contribution is 0.407. The van der Waals surface area contributed by atoms with Crippen LogP contribution in [-0.2, 0) is 0 Å². The molecule has 0 fully saturated rings. The number of methoxy groups -OCH3 is 1. The van der Waals surface area contributed by atoms with Gasteiger partial charge in [0.05, 0.1) is 12.8 Å². The maximum Gasteiger partial charge on any atom is 0.123 e. The Balaban J connectivity index is 2.00. The molecule has 0 saturated carbocycles. The van der Waals surface area contributed by atoms with Gasteiger partial charge in [-0.3, -0.25) is 5.10 Å². The van der Waals surface area contributed by atoms with Crippen molar-refractivity contribution in [2.45, 2.75) is 19.8 Å². The van der Waals surface area contributed by atoms with E-state index < -0.39 is 0 Å². The summed E-state index contributed by atoms with van der Waals surface area (Å²) < 4.78 is 18.7. The molecule has 4 nitrogen and oxygen atoms in total. The summed E-state index contributed by atoms with van der Waals surface area (Å²) >= 11 is 0. The van der Waals surface area contributed by atoms with Crippen LogP contribution in [0.2, 0.25) is 0 Å². The fraction of sp³-hybridized carbons (Fsp3) is 0.250. The Kier molecular flexibility index (Phi) is 4.86. The average molecular weight is 339 g/mol. The van der Waals surface area contributed by atoms with Crippen molar-refractivity contribution < 1.29 is 9.13 Å². The molecule has 0 aliphatic rings. The molecule has 0 aliphatic heterocycles. The number of nitrogens with zero attached hydrogens (tertiary/aromatic N) is 1.